The number of rotatable bonds is 2. The van der Waals surface area contributed by atoms with Gasteiger partial charge in [0.1, 0.15) is 6.20 Å². The second kappa shape index (κ2) is 2.91. The highest BCUT2D eigenvalue weighted by atomic mass is 16.6. The van der Waals surface area contributed by atoms with Crippen molar-refractivity contribution in [3.05, 3.63) is 34.3 Å². The number of pyridine rings is 1. The van der Waals surface area contributed by atoms with Crippen molar-refractivity contribution in [1.82, 2.24) is 9.97 Å². The van der Waals surface area contributed by atoms with Crippen molar-refractivity contribution in [3.63, 3.8) is 0 Å². The van der Waals surface area contributed by atoms with E-state index in [9.17, 15) is 14.9 Å². The Morgan fingerprint density at radius 2 is 2.29 bits per heavy atom. The Labute approximate surface area is 77.7 Å². The molecule has 70 valence electrons. The van der Waals surface area contributed by atoms with Crippen LogP contribution in [0.5, 0.6) is 0 Å². The summed E-state index contributed by atoms with van der Waals surface area (Å²) in [6, 6.07) is 0. The first-order valence-electron chi connectivity index (χ1n) is 3.78. The van der Waals surface area contributed by atoms with Gasteiger partial charge in [-0.1, -0.05) is 0 Å². The highest BCUT2D eigenvalue weighted by Gasteiger charge is 2.16. The molecule has 1 N–H and O–H groups in total. The maximum absolute atomic E-state index is 10.6. The number of nitrogens with zero attached hydrogens (tertiary/aromatic N) is 2. The van der Waals surface area contributed by atoms with E-state index in [1.54, 1.807) is 0 Å². The Morgan fingerprint density at radius 3 is 2.93 bits per heavy atom. The highest BCUT2D eigenvalue weighted by Crippen LogP contribution is 2.25. The van der Waals surface area contributed by atoms with Gasteiger partial charge in [-0.25, -0.2) is 0 Å². The van der Waals surface area contributed by atoms with Crippen LogP contribution in [0.2, 0.25) is 0 Å². The van der Waals surface area contributed by atoms with Crippen LogP contribution in [0.1, 0.15) is 10.4 Å². The first kappa shape index (κ1) is 8.36. The number of fused-ring (bicyclic) bond motifs is 1. The summed E-state index contributed by atoms with van der Waals surface area (Å²) in [5.74, 6) is 0. The molecule has 0 saturated carbocycles. The lowest BCUT2D eigenvalue weighted by molar-refractivity contribution is -0.383. The molecule has 0 aliphatic rings. The number of nitro groups is 1. The van der Waals surface area contributed by atoms with E-state index in [1.807, 2.05) is 0 Å². The van der Waals surface area contributed by atoms with Crippen LogP contribution in [0.4, 0.5) is 5.69 Å². The van der Waals surface area contributed by atoms with Crippen LogP contribution in [0, 0.1) is 10.1 Å². The maximum atomic E-state index is 10.6. The van der Waals surface area contributed by atoms with Crippen molar-refractivity contribution < 1.29 is 9.72 Å². The number of aldehydes is 1. The molecule has 0 bridgehead atoms. The Morgan fingerprint density at radius 1 is 1.50 bits per heavy atom. The Bertz CT molecular complexity index is 518. The molecule has 6 nitrogen and oxygen atoms in total. The predicted octanol–water partition coefficient (Wildman–Crippen LogP) is 1.28. The zero-order valence-electron chi connectivity index (χ0n) is 6.93. The molecule has 2 rings (SSSR count). The monoisotopic (exact) mass is 191 g/mol. The lowest BCUT2D eigenvalue weighted by Gasteiger charge is -1.92. The summed E-state index contributed by atoms with van der Waals surface area (Å²) in [4.78, 5) is 27.1. The summed E-state index contributed by atoms with van der Waals surface area (Å²) in [6.45, 7) is 0. The molecule has 0 radical (unpaired) electrons. The Kier molecular flexibility index (Phi) is 1.74. The third-order valence-corrected chi connectivity index (χ3v) is 1.92. The summed E-state index contributed by atoms with van der Waals surface area (Å²) >= 11 is 0. The Balaban J connectivity index is 2.88. The molecular weight excluding hydrogens is 186 g/mol. The van der Waals surface area contributed by atoms with Gasteiger partial charge in [0.2, 0.25) is 0 Å². The van der Waals surface area contributed by atoms with E-state index < -0.39 is 4.92 Å². The maximum Gasteiger partial charge on any atom is 0.297 e. The van der Waals surface area contributed by atoms with Crippen molar-refractivity contribution in [2.45, 2.75) is 0 Å². The van der Waals surface area contributed by atoms with E-state index in [-0.39, 0.29) is 11.3 Å². The number of carbonyl (C=O) groups is 1. The quantitative estimate of drug-likeness (QED) is 0.440. The summed E-state index contributed by atoms with van der Waals surface area (Å²) in [6.07, 6.45) is 4.57. The van der Waals surface area contributed by atoms with Crippen LogP contribution in [0.25, 0.3) is 10.9 Å². The van der Waals surface area contributed by atoms with E-state index in [1.165, 1.54) is 12.4 Å². The van der Waals surface area contributed by atoms with Crippen molar-refractivity contribution in [2.24, 2.45) is 0 Å². The zero-order valence-corrected chi connectivity index (χ0v) is 6.93. The predicted molar refractivity (Wildman–Crippen MR) is 48.1 cm³/mol. The van der Waals surface area contributed by atoms with Crippen molar-refractivity contribution >= 4 is 22.9 Å². The SMILES string of the molecule is O=Cc1c[nH]c2cncc([N+](=O)[O-])c12. The number of hydrogen-bond acceptors (Lipinski definition) is 4. The zero-order chi connectivity index (χ0) is 10.1. The van der Waals surface area contributed by atoms with Gasteiger partial charge < -0.3 is 4.98 Å². The summed E-state index contributed by atoms with van der Waals surface area (Å²) in [7, 11) is 0. The van der Waals surface area contributed by atoms with Gasteiger partial charge in [0, 0.05) is 11.8 Å². The molecule has 2 heterocycles. The smallest absolute Gasteiger partial charge is 0.297 e. The minimum absolute atomic E-state index is 0.161. The second-order valence-corrected chi connectivity index (χ2v) is 2.70. The van der Waals surface area contributed by atoms with Gasteiger partial charge in [-0.15, -0.1) is 0 Å². The van der Waals surface area contributed by atoms with Gasteiger partial charge in [0.15, 0.2) is 6.29 Å². The van der Waals surface area contributed by atoms with Gasteiger partial charge in [0.05, 0.1) is 22.0 Å². The van der Waals surface area contributed by atoms with Crippen molar-refractivity contribution in [2.75, 3.05) is 0 Å². The van der Waals surface area contributed by atoms with E-state index in [4.69, 9.17) is 0 Å². The minimum Gasteiger partial charge on any atom is -0.359 e. The summed E-state index contributed by atoms with van der Waals surface area (Å²) in [5, 5.41) is 10.9. The van der Waals surface area contributed by atoms with E-state index in [2.05, 4.69) is 9.97 Å². The van der Waals surface area contributed by atoms with Gasteiger partial charge in [-0.05, 0) is 0 Å². The number of hydrogen-bond donors (Lipinski definition) is 1. The molecule has 2 aromatic rings. The lowest BCUT2D eigenvalue weighted by Crippen LogP contribution is -1.91. The highest BCUT2D eigenvalue weighted by molar-refractivity contribution is 6.01. The molecular formula is C8H5N3O3. The van der Waals surface area contributed by atoms with Crippen LogP contribution in [0.3, 0.4) is 0 Å². The normalized spacial score (nSPS) is 10.3. The largest absolute Gasteiger partial charge is 0.359 e. The summed E-state index contributed by atoms with van der Waals surface area (Å²) < 4.78 is 0. The van der Waals surface area contributed by atoms with Gasteiger partial charge in [-0.2, -0.15) is 0 Å². The number of carbonyl (C=O) groups excluding carboxylic acids is 1. The first-order valence-corrected chi connectivity index (χ1v) is 3.78. The standard InChI is InChI=1S/C8H5N3O3/c12-4-5-1-10-6-2-9-3-7(8(5)6)11(13)14/h1-4,10H. The second-order valence-electron chi connectivity index (χ2n) is 2.70. The van der Waals surface area contributed by atoms with Crippen LogP contribution < -0.4 is 0 Å². The molecule has 0 spiro atoms. The van der Waals surface area contributed by atoms with E-state index in [0.717, 1.165) is 6.20 Å². The molecule has 14 heavy (non-hydrogen) atoms. The molecule has 0 unspecified atom stereocenters. The number of nitrogens with one attached hydrogen (secondary N) is 1. The third-order valence-electron chi connectivity index (χ3n) is 1.92. The molecule has 0 aromatic carbocycles. The van der Waals surface area contributed by atoms with Crippen molar-refractivity contribution in [3.8, 4) is 0 Å². The third kappa shape index (κ3) is 1.05. The first-order chi connectivity index (χ1) is 6.74. The molecule has 0 atom stereocenters. The molecule has 0 saturated heterocycles. The fourth-order valence-corrected chi connectivity index (χ4v) is 1.32. The van der Waals surface area contributed by atoms with Crippen LogP contribution >= 0.6 is 0 Å². The number of H-pyrrole nitrogens is 1. The van der Waals surface area contributed by atoms with Crippen LogP contribution in [-0.4, -0.2) is 21.2 Å². The Hall–Kier alpha value is -2.24. The average molecular weight is 191 g/mol. The minimum atomic E-state index is -0.559. The average Bonchev–Trinajstić information content (AvgIpc) is 2.59. The summed E-state index contributed by atoms with van der Waals surface area (Å²) in [5.41, 5.74) is 0.598. The van der Waals surface area contributed by atoms with Crippen molar-refractivity contribution in [1.29, 1.82) is 0 Å². The molecule has 0 aliphatic heterocycles. The molecule has 0 amide bonds. The van der Waals surface area contributed by atoms with Crippen LogP contribution in [0.15, 0.2) is 18.6 Å². The number of aromatic nitrogens is 2. The molecule has 0 aliphatic carbocycles. The molecule has 2 aromatic heterocycles. The van der Waals surface area contributed by atoms with Crippen LogP contribution in [-0.2, 0) is 0 Å². The van der Waals surface area contributed by atoms with Gasteiger partial charge >= 0.3 is 0 Å². The van der Waals surface area contributed by atoms with Gasteiger partial charge in [-0.3, -0.25) is 19.9 Å². The molecule has 6 heteroatoms. The van der Waals surface area contributed by atoms with E-state index >= 15 is 0 Å². The van der Waals surface area contributed by atoms with E-state index in [0.29, 0.717) is 17.2 Å². The topological polar surface area (TPSA) is 88.9 Å². The van der Waals surface area contributed by atoms with Gasteiger partial charge in [0.25, 0.3) is 5.69 Å². The number of aromatic amines is 1. The lowest BCUT2D eigenvalue weighted by atomic mass is 10.2. The fourth-order valence-electron chi connectivity index (χ4n) is 1.32. The molecule has 0 fully saturated rings. The fraction of sp³-hybridized carbons (Fsp3) is 0.